The molecule has 1 amide bonds. The van der Waals surface area contributed by atoms with Crippen molar-refractivity contribution >= 4 is 22.0 Å². The van der Waals surface area contributed by atoms with Gasteiger partial charge in [0.15, 0.2) is 0 Å². The van der Waals surface area contributed by atoms with Gasteiger partial charge in [0.2, 0.25) is 0 Å². The maximum absolute atomic E-state index is 12.7. The number of hydrogen-bond donors (Lipinski definition) is 1. The highest BCUT2D eigenvalue weighted by molar-refractivity contribution is 7.94. The van der Waals surface area contributed by atoms with Crippen molar-refractivity contribution in [3.8, 4) is 0 Å². The Balaban J connectivity index is 1.86. The van der Waals surface area contributed by atoms with E-state index in [9.17, 15) is 13.2 Å². The SMILES string of the molecule is Cn1nc(C(C)(C)C)cc1C(=O)NS(=O)(=O)C1=Cc2ccccc2CC1. The quantitative estimate of drug-likeness (QED) is 0.897. The largest absolute Gasteiger partial charge is 0.283 e. The molecule has 1 heterocycles. The first-order valence-corrected chi connectivity index (χ1v) is 9.96. The Bertz CT molecular complexity index is 995. The van der Waals surface area contributed by atoms with E-state index < -0.39 is 15.9 Å². The van der Waals surface area contributed by atoms with Crippen LogP contribution >= 0.6 is 0 Å². The fraction of sp³-hybridized carbons (Fsp3) is 0.368. The van der Waals surface area contributed by atoms with Crippen LogP contribution in [-0.4, -0.2) is 24.1 Å². The monoisotopic (exact) mass is 373 g/mol. The van der Waals surface area contributed by atoms with E-state index in [0.717, 1.165) is 16.8 Å². The van der Waals surface area contributed by atoms with Crippen molar-refractivity contribution in [1.82, 2.24) is 14.5 Å². The molecule has 0 unspecified atom stereocenters. The van der Waals surface area contributed by atoms with Crippen LogP contribution in [0.5, 0.6) is 0 Å². The summed E-state index contributed by atoms with van der Waals surface area (Å²) in [5, 5.41) is 4.32. The number of sulfonamides is 1. The summed E-state index contributed by atoms with van der Waals surface area (Å²) in [7, 11) is -2.26. The number of fused-ring (bicyclic) bond motifs is 1. The van der Waals surface area contributed by atoms with Crippen LogP contribution in [0.1, 0.15) is 54.5 Å². The molecular formula is C19H23N3O3S. The fourth-order valence-electron chi connectivity index (χ4n) is 2.90. The molecule has 1 aliphatic rings. The van der Waals surface area contributed by atoms with Crippen molar-refractivity contribution in [2.75, 3.05) is 0 Å². The molecule has 0 aliphatic heterocycles. The molecule has 1 aromatic heterocycles. The summed E-state index contributed by atoms with van der Waals surface area (Å²) < 4.78 is 28.9. The predicted molar refractivity (Wildman–Crippen MR) is 101 cm³/mol. The standard InChI is InChI=1S/C19H23N3O3S/c1-19(2,3)17-12-16(22(4)20-17)18(23)21-26(24,25)15-10-9-13-7-5-6-8-14(13)11-15/h5-8,11-12H,9-10H2,1-4H3,(H,21,23). The highest BCUT2D eigenvalue weighted by atomic mass is 32.2. The third kappa shape index (κ3) is 3.58. The number of amides is 1. The topological polar surface area (TPSA) is 81.1 Å². The predicted octanol–water partition coefficient (Wildman–Crippen LogP) is 2.76. The van der Waals surface area contributed by atoms with Crippen LogP contribution in [-0.2, 0) is 28.9 Å². The zero-order chi connectivity index (χ0) is 19.1. The number of allylic oxidation sites excluding steroid dienone is 1. The lowest BCUT2D eigenvalue weighted by atomic mass is 9.92. The van der Waals surface area contributed by atoms with Crippen LogP contribution < -0.4 is 4.72 Å². The number of nitrogens with zero attached hydrogens (tertiary/aromatic N) is 2. The van der Waals surface area contributed by atoms with Gasteiger partial charge in [0.05, 0.1) is 10.6 Å². The maximum Gasteiger partial charge on any atom is 0.283 e. The second-order valence-electron chi connectivity index (χ2n) is 7.53. The van der Waals surface area contributed by atoms with Crippen LogP contribution in [0.4, 0.5) is 0 Å². The number of aromatic nitrogens is 2. The van der Waals surface area contributed by atoms with E-state index in [1.165, 1.54) is 4.68 Å². The van der Waals surface area contributed by atoms with Gasteiger partial charge in [-0.05, 0) is 36.1 Å². The highest BCUT2D eigenvalue weighted by Gasteiger charge is 2.27. The molecule has 0 radical (unpaired) electrons. The highest BCUT2D eigenvalue weighted by Crippen LogP contribution is 2.27. The van der Waals surface area contributed by atoms with E-state index in [1.54, 1.807) is 19.2 Å². The first-order chi connectivity index (χ1) is 12.1. The molecule has 0 saturated heterocycles. The summed E-state index contributed by atoms with van der Waals surface area (Å²) >= 11 is 0. The third-order valence-electron chi connectivity index (χ3n) is 4.47. The van der Waals surface area contributed by atoms with Gasteiger partial charge in [-0.25, -0.2) is 13.1 Å². The van der Waals surface area contributed by atoms with Gasteiger partial charge in [-0.15, -0.1) is 0 Å². The van der Waals surface area contributed by atoms with Crippen LogP contribution in [0.15, 0.2) is 35.2 Å². The minimum atomic E-state index is -3.90. The van der Waals surface area contributed by atoms with Gasteiger partial charge in [0, 0.05) is 12.5 Å². The minimum Gasteiger partial charge on any atom is -0.266 e. The van der Waals surface area contributed by atoms with Gasteiger partial charge in [-0.2, -0.15) is 5.10 Å². The lowest BCUT2D eigenvalue weighted by Crippen LogP contribution is -2.33. The molecule has 0 fully saturated rings. The first-order valence-electron chi connectivity index (χ1n) is 8.48. The van der Waals surface area contributed by atoms with Crippen molar-refractivity contribution < 1.29 is 13.2 Å². The number of aryl methyl sites for hydroxylation is 2. The van der Waals surface area contributed by atoms with Crippen LogP contribution in [0.25, 0.3) is 6.08 Å². The Kier molecular flexibility index (Phi) is 4.52. The lowest BCUT2D eigenvalue weighted by molar-refractivity contribution is 0.0972. The second kappa shape index (κ2) is 6.39. The minimum absolute atomic E-state index is 0.218. The summed E-state index contributed by atoms with van der Waals surface area (Å²) in [5.74, 6) is -0.671. The van der Waals surface area contributed by atoms with Gasteiger partial charge < -0.3 is 0 Å². The summed E-state index contributed by atoms with van der Waals surface area (Å²) in [4.78, 5) is 12.8. The first kappa shape index (κ1) is 18.4. The van der Waals surface area contributed by atoms with E-state index in [1.807, 2.05) is 45.0 Å². The molecule has 1 N–H and O–H groups in total. The van der Waals surface area contributed by atoms with Crippen molar-refractivity contribution in [3.05, 3.63) is 57.8 Å². The van der Waals surface area contributed by atoms with Gasteiger partial charge in [-0.1, -0.05) is 45.0 Å². The Labute approximate surface area is 154 Å². The molecule has 0 spiro atoms. The molecule has 3 rings (SSSR count). The smallest absolute Gasteiger partial charge is 0.266 e. The number of hydrogen-bond acceptors (Lipinski definition) is 4. The van der Waals surface area contributed by atoms with Gasteiger partial charge in [-0.3, -0.25) is 9.48 Å². The Morgan fingerprint density at radius 2 is 1.88 bits per heavy atom. The average molecular weight is 373 g/mol. The molecule has 26 heavy (non-hydrogen) atoms. The number of benzene rings is 1. The number of nitrogens with one attached hydrogen (secondary N) is 1. The van der Waals surface area contributed by atoms with Crippen LogP contribution in [0.2, 0.25) is 0 Å². The molecule has 1 aliphatic carbocycles. The zero-order valence-electron chi connectivity index (χ0n) is 15.4. The summed E-state index contributed by atoms with van der Waals surface area (Å²) in [6.45, 7) is 5.95. The molecule has 0 atom stereocenters. The summed E-state index contributed by atoms with van der Waals surface area (Å²) in [6.07, 6.45) is 2.65. The summed E-state index contributed by atoms with van der Waals surface area (Å²) in [6, 6.07) is 9.30. The van der Waals surface area contributed by atoms with Crippen LogP contribution in [0.3, 0.4) is 0 Å². The number of carbonyl (C=O) groups is 1. The molecule has 0 bridgehead atoms. The number of carbonyl (C=O) groups excluding carboxylic acids is 1. The van der Waals surface area contributed by atoms with Crippen LogP contribution in [0, 0.1) is 0 Å². The molecular weight excluding hydrogens is 350 g/mol. The van der Waals surface area contributed by atoms with E-state index in [2.05, 4.69) is 9.82 Å². The molecule has 7 heteroatoms. The van der Waals surface area contributed by atoms with Crippen molar-refractivity contribution in [2.24, 2.45) is 7.05 Å². The maximum atomic E-state index is 12.7. The van der Waals surface area contributed by atoms with E-state index in [-0.39, 0.29) is 16.0 Å². The Hall–Kier alpha value is -2.41. The fourth-order valence-corrected chi connectivity index (χ4v) is 4.04. The van der Waals surface area contributed by atoms with Gasteiger partial charge in [0.1, 0.15) is 5.69 Å². The molecule has 2 aromatic rings. The zero-order valence-corrected chi connectivity index (χ0v) is 16.2. The molecule has 0 saturated carbocycles. The number of rotatable bonds is 3. The lowest BCUT2D eigenvalue weighted by Gasteiger charge is -2.17. The molecule has 1 aromatic carbocycles. The second-order valence-corrected chi connectivity index (χ2v) is 9.27. The third-order valence-corrected chi connectivity index (χ3v) is 5.93. The summed E-state index contributed by atoms with van der Waals surface area (Å²) in [5.41, 5.74) is 2.70. The van der Waals surface area contributed by atoms with E-state index >= 15 is 0 Å². The van der Waals surface area contributed by atoms with Crippen molar-refractivity contribution in [3.63, 3.8) is 0 Å². The molecule has 138 valence electrons. The van der Waals surface area contributed by atoms with E-state index in [4.69, 9.17) is 0 Å². The van der Waals surface area contributed by atoms with E-state index in [0.29, 0.717) is 12.8 Å². The van der Waals surface area contributed by atoms with Crippen molar-refractivity contribution in [1.29, 1.82) is 0 Å². The Morgan fingerprint density at radius 1 is 1.19 bits per heavy atom. The molecule has 6 nitrogen and oxygen atoms in total. The van der Waals surface area contributed by atoms with Crippen molar-refractivity contribution in [2.45, 2.75) is 39.0 Å². The van der Waals surface area contributed by atoms with Gasteiger partial charge in [0.25, 0.3) is 15.9 Å². The normalized spacial score (nSPS) is 14.5. The average Bonchev–Trinajstić information content (AvgIpc) is 2.96. The Morgan fingerprint density at radius 3 is 2.54 bits per heavy atom. The van der Waals surface area contributed by atoms with Gasteiger partial charge >= 0.3 is 0 Å².